The van der Waals surface area contributed by atoms with E-state index in [1.165, 1.54) is 18.3 Å². The first-order valence-electron chi connectivity index (χ1n) is 9.71. The Balaban J connectivity index is 1.58. The van der Waals surface area contributed by atoms with Crippen molar-refractivity contribution in [2.75, 3.05) is 5.32 Å². The molecular formula is C24H21NO5S. The van der Waals surface area contributed by atoms with Gasteiger partial charge in [0.15, 0.2) is 17.7 Å². The number of ketones is 2. The first-order chi connectivity index (χ1) is 15.0. The van der Waals surface area contributed by atoms with E-state index in [0.29, 0.717) is 21.7 Å². The van der Waals surface area contributed by atoms with Crippen LogP contribution in [-0.2, 0) is 14.3 Å². The van der Waals surface area contributed by atoms with Gasteiger partial charge in [0.05, 0.1) is 17.0 Å². The minimum absolute atomic E-state index is 0.0160. The van der Waals surface area contributed by atoms with E-state index in [4.69, 9.17) is 4.74 Å². The van der Waals surface area contributed by atoms with Crippen molar-refractivity contribution in [1.29, 1.82) is 0 Å². The molecule has 0 aliphatic carbocycles. The van der Waals surface area contributed by atoms with E-state index in [2.05, 4.69) is 5.32 Å². The SMILES string of the molecule is CC(OC(=O)CCC(=O)c1cccs1)C(=O)Nc1ccccc1C(=O)c1ccccc1. The van der Waals surface area contributed by atoms with Crippen molar-refractivity contribution in [1.82, 2.24) is 0 Å². The summed E-state index contributed by atoms with van der Waals surface area (Å²) in [4.78, 5) is 49.9. The maximum Gasteiger partial charge on any atom is 0.307 e. The lowest BCUT2D eigenvalue weighted by Crippen LogP contribution is -2.30. The standard InChI is InChI=1S/C24H21NO5S/c1-16(30-22(27)14-13-20(26)21-12-7-15-31-21)24(29)25-19-11-6-5-10-18(19)23(28)17-8-3-2-4-9-17/h2-12,15-16H,13-14H2,1H3,(H,25,29). The van der Waals surface area contributed by atoms with Gasteiger partial charge in [0.25, 0.3) is 5.91 Å². The van der Waals surface area contributed by atoms with Crippen LogP contribution in [0.15, 0.2) is 72.1 Å². The van der Waals surface area contributed by atoms with Gasteiger partial charge in [0.2, 0.25) is 0 Å². The highest BCUT2D eigenvalue weighted by atomic mass is 32.1. The van der Waals surface area contributed by atoms with Crippen LogP contribution in [-0.4, -0.2) is 29.5 Å². The number of ether oxygens (including phenoxy) is 1. The third kappa shape index (κ3) is 5.96. The number of nitrogens with one attached hydrogen (secondary N) is 1. The molecule has 0 bridgehead atoms. The highest BCUT2D eigenvalue weighted by Gasteiger charge is 2.21. The summed E-state index contributed by atoms with van der Waals surface area (Å²) in [6.45, 7) is 1.44. The molecule has 1 amide bonds. The molecule has 6 nitrogen and oxygen atoms in total. The summed E-state index contributed by atoms with van der Waals surface area (Å²) in [6.07, 6.45) is -1.18. The Morgan fingerprint density at radius 3 is 2.32 bits per heavy atom. The fourth-order valence-electron chi connectivity index (χ4n) is 2.86. The van der Waals surface area contributed by atoms with Crippen LogP contribution in [0.1, 0.15) is 45.4 Å². The summed E-state index contributed by atoms with van der Waals surface area (Å²) in [5, 5.41) is 4.44. The Morgan fingerprint density at radius 2 is 1.61 bits per heavy atom. The second-order valence-corrected chi connectivity index (χ2v) is 7.71. The van der Waals surface area contributed by atoms with E-state index in [1.54, 1.807) is 66.0 Å². The summed E-state index contributed by atoms with van der Waals surface area (Å²) in [5.41, 5.74) is 1.17. The molecule has 0 saturated carbocycles. The minimum atomic E-state index is -1.08. The Hall–Kier alpha value is -3.58. The zero-order valence-corrected chi connectivity index (χ0v) is 17.7. The maximum atomic E-state index is 12.8. The summed E-state index contributed by atoms with van der Waals surface area (Å²) in [7, 11) is 0. The number of amides is 1. The van der Waals surface area contributed by atoms with Gasteiger partial charge >= 0.3 is 5.97 Å². The van der Waals surface area contributed by atoms with Crippen LogP contribution >= 0.6 is 11.3 Å². The second kappa shape index (κ2) is 10.4. The summed E-state index contributed by atoms with van der Waals surface area (Å²) in [6, 6.07) is 18.8. The third-order valence-electron chi connectivity index (χ3n) is 4.50. The monoisotopic (exact) mass is 435 g/mol. The number of thiophene rings is 1. The first kappa shape index (κ1) is 22.1. The predicted molar refractivity (Wildman–Crippen MR) is 118 cm³/mol. The number of anilines is 1. The molecule has 0 aliphatic rings. The molecule has 2 aromatic carbocycles. The Morgan fingerprint density at radius 1 is 0.903 bits per heavy atom. The number of rotatable bonds is 9. The van der Waals surface area contributed by atoms with Gasteiger partial charge in [0.1, 0.15) is 0 Å². The lowest BCUT2D eigenvalue weighted by molar-refractivity contribution is -0.153. The van der Waals surface area contributed by atoms with Crippen LogP contribution in [0.25, 0.3) is 0 Å². The van der Waals surface area contributed by atoms with Gasteiger partial charge in [-0.2, -0.15) is 0 Å². The van der Waals surface area contributed by atoms with Crippen molar-refractivity contribution < 1.29 is 23.9 Å². The quantitative estimate of drug-likeness (QED) is 0.394. The molecule has 1 unspecified atom stereocenters. The summed E-state index contributed by atoms with van der Waals surface area (Å²) < 4.78 is 5.15. The third-order valence-corrected chi connectivity index (χ3v) is 5.41. The number of para-hydroxylation sites is 1. The van der Waals surface area contributed by atoms with Crippen LogP contribution < -0.4 is 5.32 Å². The van der Waals surface area contributed by atoms with Crippen LogP contribution in [0.2, 0.25) is 0 Å². The smallest absolute Gasteiger partial charge is 0.307 e. The topological polar surface area (TPSA) is 89.5 Å². The van der Waals surface area contributed by atoms with Gasteiger partial charge in [-0.1, -0.05) is 48.5 Å². The average molecular weight is 436 g/mol. The molecule has 0 fully saturated rings. The Kier molecular flexibility index (Phi) is 7.45. The molecule has 0 saturated heterocycles. The van der Waals surface area contributed by atoms with E-state index >= 15 is 0 Å². The van der Waals surface area contributed by atoms with Crippen molar-refractivity contribution in [3.05, 3.63) is 88.1 Å². The molecule has 1 atom stereocenters. The fraction of sp³-hybridized carbons (Fsp3) is 0.167. The van der Waals surface area contributed by atoms with Crippen molar-refractivity contribution >= 4 is 40.5 Å². The molecule has 3 rings (SSSR count). The zero-order valence-electron chi connectivity index (χ0n) is 16.9. The van der Waals surface area contributed by atoms with Crippen LogP contribution in [0.5, 0.6) is 0 Å². The van der Waals surface area contributed by atoms with Crippen molar-refractivity contribution in [2.45, 2.75) is 25.9 Å². The first-order valence-corrected chi connectivity index (χ1v) is 10.6. The predicted octanol–water partition coefficient (Wildman–Crippen LogP) is 4.51. The molecule has 3 aromatic rings. The minimum Gasteiger partial charge on any atom is -0.453 e. The fourth-order valence-corrected chi connectivity index (χ4v) is 3.55. The Bertz CT molecular complexity index is 1080. The van der Waals surface area contributed by atoms with E-state index < -0.39 is 18.0 Å². The van der Waals surface area contributed by atoms with E-state index in [1.807, 2.05) is 6.07 Å². The van der Waals surface area contributed by atoms with Crippen LogP contribution in [0.3, 0.4) is 0 Å². The van der Waals surface area contributed by atoms with Crippen molar-refractivity contribution in [3.63, 3.8) is 0 Å². The lowest BCUT2D eigenvalue weighted by atomic mass is 10.0. The molecule has 1 aromatic heterocycles. The number of hydrogen-bond donors (Lipinski definition) is 1. The number of Topliss-reactive ketones (excluding diaryl/α,β-unsaturated/α-hetero) is 1. The number of carbonyl (C=O) groups is 4. The number of carbonyl (C=O) groups excluding carboxylic acids is 4. The molecule has 0 radical (unpaired) electrons. The van der Waals surface area contributed by atoms with Gasteiger partial charge in [-0.05, 0) is 30.5 Å². The van der Waals surface area contributed by atoms with E-state index in [9.17, 15) is 19.2 Å². The lowest BCUT2D eigenvalue weighted by Gasteiger charge is -2.15. The normalized spacial score (nSPS) is 11.4. The Labute approximate surface area is 183 Å². The maximum absolute atomic E-state index is 12.8. The van der Waals surface area contributed by atoms with Gasteiger partial charge in [-0.3, -0.25) is 19.2 Å². The molecule has 1 N–H and O–H groups in total. The summed E-state index contributed by atoms with van der Waals surface area (Å²) >= 11 is 1.31. The van der Waals surface area contributed by atoms with Crippen molar-refractivity contribution in [3.8, 4) is 0 Å². The number of hydrogen-bond acceptors (Lipinski definition) is 6. The molecule has 31 heavy (non-hydrogen) atoms. The van der Waals surface area contributed by atoms with Gasteiger partial charge < -0.3 is 10.1 Å². The van der Waals surface area contributed by atoms with E-state index in [0.717, 1.165) is 0 Å². The van der Waals surface area contributed by atoms with Crippen molar-refractivity contribution in [2.24, 2.45) is 0 Å². The van der Waals surface area contributed by atoms with Crippen LogP contribution in [0, 0.1) is 0 Å². The van der Waals surface area contributed by atoms with Crippen LogP contribution in [0.4, 0.5) is 5.69 Å². The molecule has 158 valence electrons. The van der Waals surface area contributed by atoms with Gasteiger partial charge in [-0.15, -0.1) is 11.3 Å². The van der Waals surface area contributed by atoms with Gasteiger partial charge in [0, 0.05) is 17.5 Å². The summed E-state index contributed by atoms with van der Waals surface area (Å²) in [5.74, 6) is -1.57. The second-order valence-electron chi connectivity index (χ2n) is 6.76. The highest BCUT2D eigenvalue weighted by Crippen LogP contribution is 2.20. The number of benzene rings is 2. The number of esters is 1. The average Bonchev–Trinajstić information content (AvgIpc) is 3.33. The van der Waals surface area contributed by atoms with Gasteiger partial charge in [-0.25, -0.2) is 0 Å². The molecule has 1 heterocycles. The molecule has 0 spiro atoms. The zero-order chi connectivity index (χ0) is 22.2. The van der Waals surface area contributed by atoms with E-state index in [-0.39, 0.29) is 24.4 Å². The largest absolute Gasteiger partial charge is 0.453 e. The molecule has 0 aliphatic heterocycles. The molecule has 7 heteroatoms. The highest BCUT2D eigenvalue weighted by molar-refractivity contribution is 7.12. The molecular weight excluding hydrogens is 414 g/mol.